The van der Waals surface area contributed by atoms with Gasteiger partial charge in [-0.3, -0.25) is 0 Å². The van der Waals surface area contributed by atoms with Gasteiger partial charge in [-0.2, -0.15) is 0 Å². The van der Waals surface area contributed by atoms with Gasteiger partial charge in [0.15, 0.2) is 0 Å². The fourth-order valence-electron chi connectivity index (χ4n) is 1.21. The van der Waals surface area contributed by atoms with Crippen molar-refractivity contribution >= 4 is 35.4 Å². The number of halogens is 1. The number of benzene rings is 1. The van der Waals surface area contributed by atoms with Crippen molar-refractivity contribution in [2.45, 2.75) is 18.7 Å². The van der Waals surface area contributed by atoms with Crippen LogP contribution in [0.25, 0.3) is 0 Å². The Morgan fingerprint density at radius 2 is 2.19 bits per heavy atom. The fourth-order valence-corrected chi connectivity index (χ4v) is 2.10. The topological polar surface area (TPSA) is 15.6 Å². The van der Waals surface area contributed by atoms with Crippen LogP contribution in [0.4, 0.5) is 5.69 Å². The molecule has 1 aromatic rings. The van der Waals surface area contributed by atoms with E-state index in [0.717, 1.165) is 12.2 Å². The largest absolute Gasteiger partial charge is 0.366 e. The Balaban J connectivity index is 2.98. The molecule has 0 bridgehead atoms. The summed E-state index contributed by atoms with van der Waals surface area (Å²) in [6, 6.07) is 3.99. The highest BCUT2D eigenvalue weighted by atomic mass is 35.5. The SMILES string of the molecule is CCN(C)C=Nc1cc(C)c(SC)cc1Cl. The zero-order valence-corrected chi connectivity index (χ0v) is 11.7. The first kappa shape index (κ1) is 13.4. The minimum absolute atomic E-state index is 0.704. The van der Waals surface area contributed by atoms with E-state index in [1.165, 1.54) is 10.5 Å². The lowest BCUT2D eigenvalue weighted by atomic mass is 10.2. The van der Waals surface area contributed by atoms with Gasteiger partial charge in [0.05, 0.1) is 17.0 Å². The molecule has 0 spiro atoms. The molecule has 0 aromatic heterocycles. The van der Waals surface area contributed by atoms with Crippen LogP contribution in [0, 0.1) is 6.92 Å². The summed E-state index contributed by atoms with van der Waals surface area (Å²) >= 11 is 7.86. The Morgan fingerprint density at radius 1 is 1.50 bits per heavy atom. The van der Waals surface area contributed by atoms with Crippen LogP contribution in [-0.4, -0.2) is 31.1 Å². The molecule has 1 rings (SSSR count). The normalized spacial score (nSPS) is 11.1. The van der Waals surface area contributed by atoms with Crippen molar-refractivity contribution in [1.82, 2.24) is 4.90 Å². The Hall–Kier alpha value is -0.670. The lowest BCUT2D eigenvalue weighted by Crippen LogP contribution is -2.14. The van der Waals surface area contributed by atoms with Crippen LogP contribution in [0.2, 0.25) is 5.02 Å². The maximum absolute atomic E-state index is 6.16. The highest BCUT2D eigenvalue weighted by Gasteiger charge is 2.04. The van der Waals surface area contributed by atoms with E-state index < -0.39 is 0 Å². The molecule has 0 radical (unpaired) electrons. The van der Waals surface area contributed by atoms with Crippen LogP contribution in [0.5, 0.6) is 0 Å². The van der Waals surface area contributed by atoms with Crippen LogP contribution in [0.15, 0.2) is 22.0 Å². The summed E-state index contributed by atoms with van der Waals surface area (Å²) in [4.78, 5) is 7.58. The predicted octanol–water partition coefficient (Wildman–Crippen LogP) is 3.98. The molecule has 0 aliphatic heterocycles. The van der Waals surface area contributed by atoms with E-state index in [0.29, 0.717) is 5.02 Å². The second kappa shape index (κ2) is 6.16. The predicted molar refractivity (Wildman–Crippen MR) is 74.4 cm³/mol. The van der Waals surface area contributed by atoms with E-state index in [4.69, 9.17) is 11.6 Å². The third-order valence-corrected chi connectivity index (χ3v) is 3.54. The number of aliphatic imine (C=N–C) groups is 1. The van der Waals surface area contributed by atoms with Gasteiger partial charge in [0.1, 0.15) is 0 Å². The quantitative estimate of drug-likeness (QED) is 0.460. The standard InChI is InChI=1S/C12H17ClN2S/c1-5-15(3)8-14-11-6-9(2)12(16-4)7-10(11)13/h6-8H,5H2,1-4H3. The summed E-state index contributed by atoms with van der Waals surface area (Å²) in [5, 5.41) is 0.704. The van der Waals surface area contributed by atoms with Crippen molar-refractivity contribution < 1.29 is 0 Å². The molecular weight excluding hydrogens is 240 g/mol. The molecule has 0 fully saturated rings. The summed E-state index contributed by atoms with van der Waals surface area (Å²) in [6.07, 6.45) is 3.85. The van der Waals surface area contributed by atoms with Crippen LogP contribution in [-0.2, 0) is 0 Å². The van der Waals surface area contributed by atoms with E-state index in [9.17, 15) is 0 Å². The highest BCUT2D eigenvalue weighted by Crippen LogP contribution is 2.32. The van der Waals surface area contributed by atoms with E-state index in [2.05, 4.69) is 18.8 Å². The van der Waals surface area contributed by atoms with Crippen LogP contribution >= 0.6 is 23.4 Å². The van der Waals surface area contributed by atoms with Gasteiger partial charge >= 0.3 is 0 Å². The highest BCUT2D eigenvalue weighted by molar-refractivity contribution is 7.98. The minimum atomic E-state index is 0.704. The summed E-state index contributed by atoms with van der Waals surface area (Å²) in [6.45, 7) is 5.09. The number of aryl methyl sites for hydroxylation is 1. The molecule has 16 heavy (non-hydrogen) atoms. The average molecular weight is 257 g/mol. The molecule has 0 N–H and O–H groups in total. The molecule has 1 aromatic carbocycles. The molecule has 88 valence electrons. The number of nitrogens with zero attached hydrogens (tertiary/aromatic N) is 2. The second-order valence-corrected chi connectivity index (χ2v) is 4.85. The zero-order chi connectivity index (χ0) is 12.1. The van der Waals surface area contributed by atoms with Crippen molar-refractivity contribution in [2.24, 2.45) is 4.99 Å². The molecular formula is C12H17ClN2S. The maximum Gasteiger partial charge on any atom is 0.0910 e. The van der Waals surface area contributed by atoms with Gasteiger partial charge in [0, 0.05) is 18.5 Å². The summed E-state index contributed by atoms with van der Waals surface area (Å²) in [7, 11) is 1.99. The van der Waals surface area contributed by atoms with Gasteiger partial charge in [-0.15, -0.1) is 11.8 Å². The third kappa shape index (κ3) is 3.42. The molecule has 0 unspecified atom stereocenters. The first-order valence-corrected chi connectivity index (χ1v) is 6.77. The molecule has 0 heterocycles. The monoisotopic (exact) mass is 256 g/mol. The van der Waals surface area contributed by atoms with E-state index in [1.807, 2.05) is 30.3 Å². The molecule has 2 nitrogen and oxygen atoms in total. The van der Waals surface area contributed by atoms with Crippen molar-refractivity contribution in [1.29, 1.82) is 0 Å². The van der Waals surface area contributed by atoms with Gasteiger partial charge in [-0.05, 0) is 37.8 Å². The van der Waals surface area contributed by atoms with Gasteiger partial charge in [-0.1, -0.05) is 11.6 Å². The summed E-state index contributed by atoms with van der Waals surface area (Å²) in [5.41, 5.74) is 2.04. The van der Waals surface area contributed by atoms with Crippen molar-refractivity contribution in [2.75, 3.05) is 19.8 Å². The average Bonchev–Trinajstić information content (AvgIpc) is 2.29. The zero-order valence-electron chi connectivity index (χ0n) is 10.1. The van der Waals surface area contributed by atoms with E-state index >= 15 is 0 Å². The number of hydrogen-bond acceptors (Lipinski definition) is 2. The van der Waals surface area contributed by atoms with Crippen LogP contribution in [0.3, 0.4) is 0 Å². The molecule has 0 aliphatic carbocycles. The van der Waals surface area contributed by atoms with Gasteiger partial charge in [0.2, 0.25) is 0 Å². The first-order chi connectivity index (χ1) is 7.58. The van der Waals surface area contributed by atoms with Gasteiger partial charge in [-0.25, -0.2) is 4.99 Å². The van der Waals surface area contributed by atoms with Gasteiger partial charge in [0.25, 0.3) is 0 Å². The smallest absolute Gasteiger partial charge is 0.0910 e. The molecule has 4 heteroatoms. The summed E-state index contributed by atoms with van der Waals surface area (Å²) < 4.78 is 0. The van der Waals surface area contributed by atoms with Crippen molar-refractivity contribution in [3.8, 4) is 0 Å². The third-order valence-electron chi connectivity index (χ3n) is 2.36. The molecule has 0 amide bonds. The maximum atomic E-state index is 6.16. The molecule has 0 aliphatic rings. The van der Waals surface area contributed by atoms with Crippen LogP contribution in [0.1, 0.15) is 12.5 Å². The van der Waals surface area contributed by atoms with Crippen molar-refractivity contribution in [3.05, 3.63) is 22.7 Å². The number of rotatable bonds is 4. The molecule has 0 saturated heterocycles. The first-order valence-electron chi connectivity index (χ1n) is 5.17. The Morgan fingerprint density at radius 3 is 2.75 bits per heavy atom. The summed E-state index contributed by atoms with van der Waals surface area (Å²) in [5.74, 6) is 0. The van der Waals surface area contributed by atoms with Gasteiger partial charge < -0.3 is 4.90 Å². The van der Waals surface area contributed by atoms with Crippen LogP contribution < -0.4 is 0 Å². The lowest BCUT2D eigenvalue weighted by molar-refractivity contribution is 0.552. The van der Waals surface area contributed by atoms with E-state index in [-0.39, 0.29) is 0 Å². The van der Waals surface area contributed by atoms with E-state index in [1.54, 1.807) is 18.1 Å². The van der Waals surface area contributed by atoms with Crippen molar-refractivity contribution in [3.63, 3.8) is 0 Å². The molecule has 0 atom stereocenters. The lowest BCUT2D eigenvalue weighted by Gasteiger charge is -2.09. The Kier molecular flexibility index (Phi) is 5.16. The number of hydrogen-bond donors (Lipinski definition) is 0. The Labute approximate surface area is 107 Å². The molecule has 0 saturated carbocycles. The fraction of sp³-hybridized carbons (Fsp3) is 0.417. The second-order valence-electron chi connectivity index (χ2n) is 3.59. The Bertz CT molecular complexity index is 391. The minimum Gasteiger partial charge on any atom is -0.366 e. The number of thioether (sulfide) groups is 1.